The van der Waals surface area contributed by atoms with E-state index in [0.717, 1.165) is 85.2 Å². The average molecular weight is 552 g/mol. The van der Waals surface area contributed by atoms with Crippen molar-refractivity contribution in [1.29, 1.82) is 0 Å². The fourth-order valence-electron chi connectivity index (χ4n) is 4.72. The normalized spacial score (nSPS) is 15.5. The summed E-state index contributed by atoms with van der Waals surface area (Å²) in [5, 5.41) is 5.56. The zero-order valence-corrected chi connectivity index (χ0v) is 22.9. The lowest BCUT2D eigenvalue weighted by Gasteiger charge is -2.32. The van der Waals surface area contributed by atoms with Crippen LogP contribution in [0.3, 0.4) is 0 Å². The number of fused-ring (bicyclic) bond motifs is 1. The van der Waals surface area contributed by atoms with Gasteiger partial charge in [0.05, 0.1) is 12.3 Å². The van der Waals surface area contributed by atoms with Crippen LogP contribution in [-0.4, -0.2) is 59.4 Å². The summed E-state index contributed by atoms with van der Waals surface area (Å²) < 4.78 is 7.33. The largest absolute Gasteiger partial charge is 0.493 e. The molecule has 0 saturated carbocycles. The van der Waals surface area contributed by atoms with Gasteiger partial charge in [-0.1, -0.05) is 29.8 Å². The summed E-state index contributed by atoms with van der Waals surface area (Å²) in [6.07, 6.45) is 2.52. The van der Waals surface area contributed by atoms with Gasteiger partial charge in [0.2, 0.25) is 0 Å². The van der Waals surface area contributed by atoms with Crippen LogP contribution in [0.25, 0.3) is 11.3 Å². The van der Waals surface area contributed by atoms with Gasteiger partial charge in [0.25, 0.3) is 5.56 Å². The van der Waals surface area contributed by atoms with E-state index in [1.165, 1.54) is 5.56 Å². The van der Waals surface area contributed by atoms with E-state index in [1.54, 1.807) is 4.68 Å². The van der Waals surface area contributed by atoms with E-state index in [9.17, 15) is 4.79 Å². The Hall–Kier alpha value is -2.09. The van der Waals surface area contributed by atoms with Crippen LogP contribution in [0, 0.1) is 0 Å². The molecule has 2 aliphatic heterocycles. The standard InChI is InChI=1S/C27H31ClN4O2.2ClH/c1-30-12-14-31(15-13-30)19-23-18-25(21-8-9-26-22(17-21)10-16-34-26)29-32(27(23)33)11-4-6-20-5-2-3-7-24(20)28;;/h2-3,5,7-9,17-18H,4,6,10-16,19H2,1H3;2*1H. The second-order valence-corrected chi connectivity index (χ2v) is 9.69. The van der Waals surface area contributed by atoms with Crippen molar-refractivity contribution in [2.45, 2.75) is 32.4 Å². The highest BCUT2D eigenvalue weighted by atomic mass is 35.5. The number of rotatable bonds is 7. The van der Waals surface area contributed by atoms with Crippen LogP contribution in [0.5, 0.6) is 5.75 Å². The minimum absolute atomic E-state index is 0. The molecule has 0 aliphatic carbocycles. The molecule has 6 nitrogen and oxygen atoms in total. The van der Waals surface area contributed by atoms with Crippen molar-refractivity contribution in [2.75, 3.05) is 39.8 Å². The second kappa shape index (κ2) is 12.9. The predicted molar refractivity (Wildman–Crippen MR) is 150 cm³/mol. The fraction of sp³-hybridized carbons (Fsp3) is 0.407. The van der Waals surface area contributed by atoms with Crippen LogP contribution in [0.1, 0.15) is 23.1 Å². The number of hydrogen-bond donors (Lipinski definition) is 0. The minimum Gasteiger partial charge on any atom is -0.493 e. The molecule has 3 aromatic rings. The van der Waals surface area contributed by atoms with Crippen LogP contribution in [-0.2, 0) is 25.9 Å². The molecule has 0 amide bonds. The van der Waals surface area contributed by atoms with E-state index in [4.69, 9.17) is 21.4 Å². The first-order valence-corrected chi connectivity index (χ1v) is 12.5. The Balaban J connectivity index is 0.00000180. The maximum Gasteiger partial charge on any atom is 0.271 e. The molecule has 0 bridgehead atoms. The lowest BCUT2D eigenvalue weighted by Crippen LogP contribution is -2.45. The molecule has 3 heterocycles. The SMILES string of the molecule is CN1CCN(Cc2cc(-c3ccc4c(c3)CCO4)nn(CCCc3ccccc3Cl)c2=O)CC1.Cl.Cl. The van der Waals surface area contributed by atoms with Crippen molar-refractivity contribution in [1.82, 2.24) is 19.6 Å². The zero-order chi connectivity index (χ0) is 23.5. The van der Waals surface area contributed by atoms with E-state index < -0.39 is 0 Å². The van der Waals surface area contributed by atoms with Gasteiger partial charge in [-0.05, 0) is 61.3 Å². The Morgan fingerprint density at radius 2 is 1.78 bits per heavy atom. The molecule has 2 aromatic carbocycles. The molecule has 0 atom stereocenters. The highest BCUT2D eigenvalue weighted by Gasteiger charge is 2.19. The Morgan fingerprint density at radius 1 is 1.00 bits per heavy atom. The number of aromatic nitrogens is 2. The molecule has 194 valence electrons. The summed E-state index contributed by atoms with van der Waals surface area (Å²) in [6.45, 7) is 5.92. The number of aryl methyl sites for hydroxylation is 2. The first-order valence-electron chi connectivity index (χ1n) is 12.1. The minimum atomic E-state index is 0. The molecule has 0 radical (unpaired) electrons. The van der Waals surface area contributed by atoms with E-state index in [0.29, 0.717) is 13.1 Å². The van der Waals surface area contributed by atoms with Crippen LogP contribution in [0.2, 0.25) is 5.02 Å². The Kier molecular flexibility index (Phi) is 10.2. The van der Waals surface area contributed by atoms with Gasteiger partial charge in [0, 0.05) is 61.8 Å². The number of halogens is 3. The lowest BCUT2D eigenvalue weighted by atomic mass is 10.0. The average Bonchev–Trinajstić information content (AvgIpc) is 3.32. The summed E-state index contributed by atoms with van der Waals surface area (Å²) in [7, 11) is 2.14. The van der Waals surface area contributed by atoms with Gasteiger partial charge >= 0.3 is 0 Å². The third kappa shape index (κ3) is 6.61. The van der Waals surface area contributed by atoms with Crippen molar-refractivity contribution in [3.63, 3.8) is 0 Å². The number of hydrogen-bond acceptors (Lipinski definition) is 5. The summed E-state index contributed by atoms with van der Waals surface area (Å²) >= 11 is 6.33. The quantitative estimate of drug-likeness (QED) is 0.425. The summed E-state index contributed by atoms with van der Waals surface area (Å²) in [5.41, 5.74) is 5.00. The number of benzene rings is 2. The highest BCUT2D eigenvalue weighted by Crippen LogP contribution is 2.30. The summed E-state index contributed by atoms with van der Waals surface area (Å²) in [4.78, 5) is 18.1. The summed E-state index contributed by atoms with van der Waals surface area (Å²) in [5.74, 6) is 0.953. The van der Waals surface area contributed by atoms with Gasteiger partial charge in [-0.25, -0.2) is 4.68 Å². The van der Waals surface area contributed by atoms with Crippen LogP contribution < -0.4 is 10.3 Å². The lowest BCUT2D eigenvalue weighted by molar-refractivity contribution is 0.147. The number of ether oxygens (including phenoxy) is 1. The molecule has 5 rings (SSSR count). The molecule has 1 saturated heterocycles. The van der Waals surface area contributed by atoms with Gasteiger partial charge in [-0.2, -0.15) is 5.10 Å². The molecule has 36 heavy (non-hydrogen) atoms. The van der Waals surface area contributed by atoms with E-state index in [2.05, 4.69) is 22.9 Å². The third-order valence-corrected chi connectivity index (χ3v) is 7.17. The van der Waals surface area contributed by atoms with Crippen LogP contribution >= 0.6 is 36.4 Å². The molecule has 1 aromatic heterocycles. The van der Waals surface area contributed by atoms with E-state index in [1.807, 2.05) is 42.5 Å². The van der Waals surface area contributed by atoms with E-state index in [-0.39, 0.29) is 30.4 Å². The van der Waals surface area contributed by atoms with E-state index >= 15 is 0 Å². The number of piperazine rings is 1. The molecule has 1 fully saturated rings. The van der Waals surface area contributed by atoms with Crippen LogP contribution in [0.4, 0.5) is 0 Å². The Labute approximate surface area is 230 Å². The van der Waals surface area contributed by atoms with Gasteiger partial charge in [0.15, 0.2) is 0 Å². The number of nitrogens with zero attached hydrogens (tertiary/aromatic N) is 4. The molecule has 0 N–H and O–H groups in total. The Morgan fingerprint density at radius 3 is 2.56 bits per heavy atom. The van der Waals surface area contributed by atoms with Crippen molar-refractivity contribution in [2.24, 2.45) is 0 Å². The second-order valence-electron chi connectivity index (χ2n) is 9.28. The molecular formula is C27H33Cl3N4O2. The summed E-state index contributed by atoms with van der Waals surface area (Å²) in [6, 6.07) is 16.1. The maximum absolute atomic E-state index is 13.4. The van der Waals surface area contributed by atoms with Crippen molar-refractivity contribution in [3.8, 4) is 17.0 Å². The molecule has 2 aliphatic rings. The number of likely N-dealkylation sites (N-methyl/N-ethyl adjacent to an activating group) is 1. The first-order chi connectivity index (χ1) is 16.6. The third-order valence-electron chi connectivity index (χ3n) is 6.80. The Bertz CT molecular complexity index is 1230. The van der Waals surface area contributed by atoms with Gasteiger partial charge < -0.3 is 9.64 Å². The molecule has 9 heteroatoms. The molecule has 0 unspecified atom stereocenters. The monoisotopic (exact) mass is 550 g/mol. The predicted octanol–water partition coefficient (Wildman–Crippen LogP) is 4.72. The molecule has 0 spiro atoms. The molecular weight excluding hydrogens is 519 g/mol. The highest BCUT2D eigenvalue weighted by molar-refractivity contribution is 6.31. The van der Waals surface area contributed by atoms with Gasteiger partial charge in [-0.15, -0.1) is 24.8 Å². The first kappa shape index (κ1) is 28.5. The van der Waals surface area contributed by atoms with Crippen molar-refractivity contribution in [3.05, 3.63) is 80.6 Å². The topological polar surface area (TPSA) is 50.6 Å². The zero-order valence-electron chi connectivity index (χ0n) is 20.5. The van der Waals surface area contributed by atoms with Crippen LogP contribution in [0.15, 0.2) is 53.3 Å². The van der Waals surface area contributed by atoms with Gasteiger partial charge in [0.1, 0.15) is 5.75 Å². The van der Waals surface area contributed by atoms with Crippen molar-refractivity contribution < 1.29 is 4.74 Å². The maximum atomic E-state index is 13.4. The van der Waals surface area contributed by atoms with Gasteiger partial charge in [-0.3, -0.25) is 9.69 Å². The fourth-order valence-corrected chi connectivity index (χ4v) is 4.95. The van der Waals surface area contributed by atoms with Crippen molar-refractivity contribution >= 4 is 36.4 Å². The smallest absolute Gasteiger partial charge is 0.271 e.